The fourth-order valence-electron chi connectivity index (χ4n) is 3.80. The fourth-order valence-corrected chi connectivity index (χ4v) is 3.80. The van der Waals surface area contributed by atoms with E-state index in [1.807, 2.05) is 31.2 Å². The zero-order chi connectivity index (χ0) is 25.8. The minimum Gasteiger partial charge on any atom is -0.443 e. The Kier molecular flexibility index (Phi) is 6.92. The number of dihydropyridines is 1. The van der Waals surface area contributed by atoms with Crippen LogP contribution in [0.3, 0.4) is 0 Å². The minimum atomic E-state index is -0.201. The van der Waals surface area contributed by atoms with Crippen LogP contribution >= 0.6 is 0 Å². The van der Waals surface area contributed by atoms with Crippen molar-refractivity contribution in [2.24, 2.45) is 0 Å². The minimum absolute atomic E-state index is 0.104. The van der Waals surface area contributed by atoms with Gasteiger partial charge in [-0.05, 0) is 25.1 Å². The van der Waals surface area contributed by atoms with Crippen LogP contribution in [0.5, 0.6) is 5.88 Å². The predicted octanol–water partition coefficient (Wildman–Crippen LogP) is 2.49. The van der Waals surface area contributed by atoms with E-state index >= 15 is 0 Å². The van der Waals surface area contributed by atoms with Crippen molar-refractivity contribution in [2.45, 2.75) is 19.6 Å². The van der Waals surface area contributed by atoms with Crippen LogP contribution in [-0.4, -0.2) is 57.7 Å². The molecular formula is C25H25N7O5. The molecule has 190 valence electrons. The Labute approximate surface area is 211 Å². The van der Waals surface area contributed by atoms with E-state index in [0.29, 0.717) is 46.7 Å². The number of carbonyl (C=O) groups is 1. The molecule has 2 N–H and O–H groups in total. The Morgan fingerprint density at radius 1 is 1.19 bits per heavy atom. The average Bonchev–Trinajstić information content (AvgIpc) is 3.55. The number of nitrogens with one attached hydrogen (secondary N) is 2. The number of fused-ring (bicyclic) bond motifs is 3. The number of allylic oxidation sites excluding steroid dienone is 1. The van der Waals surface area contributed by atoms with Gasteiger partial charge >= 0.3 is 0 Å². The predicted molar refractivity (Wildman–Crippen MR) is 133 cm³/mol. The van der Waals surface area contributed by atoms with E-state index in [-0.39, 0.29) is 18.6 Å². The largest absolute Gasteiger partial charge is 0.443 e. The zero-order valence-corrected chi connectivity index (χ0v) is 20.5. The van der Waals surface area contributed by atoms with Crippen LogP contribution in [-0.2, 0) is 20.9 Å². The molecule has 37 heavy (non-hydrogen) atoms. The summed E-state index contributed by atoms with van der Waals surface area (Å²) in [4.78, 5) is 12.4. The molecule has 1 amide bonds. The van der Waals surface area contributed by atoms with Crippen molar-refractivity contribution in [2.75, 3.05) is 20.8 Å². The molecule has 0 saturated carbocycles. The second-order valence-corrected chi connectivity index (χ2v) is 8.32. The number of benzene rings is 1. The van der Waals surface area contributed by atoms with Gasteiger partial charge in [-0.15, -0.1) is 15.3 Å². The maximum absolute atomic E-state index is 12.4. The van der Waals surface area contributed by atoms with E-state index in [0.717, 1.165) is 10.8 Å². The lowest BCUT2D eigenvalue weighted by Crippen LogP contribution is -2.36. The van der Waals surface area contributed by atoms with Crippen molar-refractivity contribution in [3.8, 4) is 17.4 Å². The van der Waals surface area contributed by atoms with Crippen molar-refractivity contribution < 1.29 is 23.5 Å². The Morgan fingerprint density at radius 3 is 2.78 bits per heavy atom. The van der Waals surface area contributed by atoms with Gasteiger partial charge < -0.3 is 29.4 Å². The summed E-state index contributed by atoms with van der Waals surface area (Å²) < 4.78 is 23.0. The summed E-state index contributed by atoms with van der Waals surface area (Å²) >= 11 is 0. The smallest absolute Gasteiger partial charge is 0.253 e. The lowest BCUT2D eigenvalue weighted by atomic mass is 10.1. The lowest BCUT2D eigenvalue weighted by molar-refractivity contribution is -0.118. The second-order valence-electron chi connectivity index (χ2n) is 8.32. The van der Waals surface area contributed by atoms with Crippen molar-refractivity contribution >= 4 is 22.3 Å². The Balaban J connectivity index is 1.41. The van der Waals surface area contributed by atoms with Crippen LogP contribution in [0.15, 0.2) is 70.7 Å². The summed E-state index contributed by atoms with van der Waals surface area (Å²) in [5, 5.41) is 24.8. The standard InChI is InChI=1S/C25H25N7O5/c1-15(12-34-2)27-24(33)16-8-9-17(26-11-16)13-36-25-20-7-5-4-6-19(20)22-28-29-23(32(22)30-25)21-10-18(14-35-3)37-31-21/h4-11,13,15,26H,12,14H2,1-3H3,(H,27,33)/t15-/m1/s1. The first-order chi connectivity index (χ1) is 18.1. The lowest BCUT2D eigenvalue weighted by Gasteiger charge is -2.15. The third-order valence-electron chi connectivity index (χ3n) is 5.50. The van der Waals surface area contributed by atoms with Gasteiger partial charge in [0.15, 0.2) is 17.1 Å². The molecule has 5 rings (SSSR count). The molecule has 0 bridgehead atoms. The van der Waals surface area contributed by atoms with Gasteiger partial charge in [0, 0.05) is 43.3 Å². The van der Waals surface area contributed by atoms with Crippen LogP contribution in [0.25, 0.3) is 27.9 Å². The van der Waals surface area contributed by atoms with Gasteiger partial charge in [-0.2, -0.15) is 4.52 Å². The number of rotatable bonds is 9. The second kappa shape index (κ2) is 10.6. The van der Waals surface area contributed by atoms with Gasteiger partial charge in [0.1, 0.15) is 12.9 Å². The molecule has 0 fully saturated rings. The monoisotopic (exact) mass is 503 g/mol. The molecule has 4 heterocycles. The first-order valence-corrected chi connectivity index (χ1v) is 11.5. The number of methoxy groups -OCH3 is 2. The Bertz CT molecular complexity index is 1540. The molecule has 1 aliphatic heterocycles. The van der Waals surface area contributed by atoms with E-state index in [9.17, 15) is 4.79 Å². The summed E-state index contributed by atoms with van der Waals surface area (Å²) in [5.41, 5.74) is 2.15. The molecule has 0 radical (unpaired) electrons. The SMILES string of the molecule is COCc1cc(-c2nnc3c4ccccc4c(OC=C4C=CC(C(=O)N[C@H](C)COC)=CN4)nn23)no1. The molecular weight excluding hydrogens is 478 g/mol. The quantitative estimate of drug-likeness (QED) is 0.328. The van der Waals surface area contributed by atoms with Crippen molar-refractivity contribution in [1.82, 2.24) is 35.6 Å². The number of hydrogen-bond acceptors (Lipinski definition) is 10. The van der Waals surface area contributed by atoms with E-state index in [4.69, 9.17) is 18.7 Å². The maximum atomic E-state index is 12.4. The molecule has 1 aliphatic rings. The van der Waals surface area contributed by atoms with Gasteiger partial charge in [-0.1, -0.05) is 23.4 Å². The van der Waals surface area contributed by atoms with Crippen molar-refractivity contribution in [1.29, 1.82) is 0 Å². The topological polar surface area (TPSA) is 138 Å². The average molecular weight is 504 g/mol. The first-order valence-electron chi connectivity index (χ1n) is 11.5. The molecule has 4 aromatic rings. The third-order valence-corrected chi connectivity index (χ3v) is 5.50. The molecule has 1 atom stereocenters. The summed E-state index contributed by atoms with van der Waals surface area (Å²) in [6.45, 7) is 2.59. The van der Waals surface area contributed by atoms with Crippen LogP contribution in [0, 0.1) is 0 Å². The molecule has 0 unspecified atom stereocenters. The highest BCUT2D eigenvalue weighted by molar-refractivity contribution is 5.97. The summed E-state index contributed by atoms with van der Waals surface area (Å²) in [6.07, 6.45) is 6.58. The van der Waals surface area contributed by atoms with Crippen LogP contribution in [0.4, 0.5) is 0 Å². The zero-order valence-electron chi connectivity index (χ0n) is 20.5. The van der Waals surface area contributed by atoms with Crippen molar-refractivity contribution in [3.05, 3.63) is 72.0 Å². The molecule has 0 spiro atoms. The number of nitrogens with zero attached hydrogens (tertiary/aromatic N) is 5. The van der Waals surface area contributed by atoms with Gasteiger partial charge in [0.2, 0.25) is 11.7 Å². The highest BCUT2D eigenvalue weighted by Crippen LogP contribution is 2.29. The van der Waals surface area contributed by atoms with Gasteiger partial charge in [0.05, 0.1) is 17.9 Å². The number of amides is 1. The molecule has 12 heteroatoms. The highest BCUT2D eigenvalue weighted by Gasteiger charge is 2.19. The molecule has 0 aliphatic carbocycles. The highest BCUT2D eigenvalue weighted by atomic mass is 16.5. The number of carbonyl (C=O) groups excluding carboxylic acids is 1. The van der Waals surface area contributed by atoms with Gasteiger partial charge in [0.25, 0.3) is 5.91 Å². The molecule has 1 aromatic carbocycles. The summed E-state index contributed by atoms with van der Waals surface area (Å²) in [6, 6.07) is 9.23. The fraction of sp³-hybridized carbons (Fsp3) is 0.240. The maximum Gasteiger partial charge on any atom is 0.253 e. The van der Waals surface area contributed by atoms with Gasteiger partial charge in [-0.25, -0.2) is 0 Å². The van der Waals surface area contributed by atoms with E-state index in [2.05, 4.69) is 31.1 Å². The molecule has 3 aromatic heterocycles. The van der Waals surface area contributed by atoms with Crippen LogP contribution < -0.4 is 15.4 Å². The third kappa shape index (κ3) is 5.06. The van der Waals surface area contributed by atoms with Gasteiger partial charge in [-0.3, -0.25) is 4.79 Å². The number of ether oxygens (including phenoxy) is 3. The Morgan fingerprint density at radius 2 is 2.03 bits per heavy atom. The van der Waals surface area contributed by atoms with Crippen LogP contribution in [0.1, 0.15) is 12.7 Å². The first kappa shape index (κ1) is 24.2. The van der Waals surface area contributed by atoms with Crippen LogP contribution in [0.2, 0.25) is 0 Å². The van der Waals surface area contributed by atoms with E-state index in [1.54, 1.807) is 43.2 Å². The van der Waals surface area contributed by atoms with E-state index in [1.165, 1.54) is 6.26 Å². The van der Waals surface area contributed by atoms with E-state index < -0.39 is 0 Å². The molecule has 0 saturated heterocycles. The number of hydrogen-bond donors (Lipinski definition) is 2. The Hall–Kier alpha value is -4.55. The normalized spacial score (nSPS) is 15.1. The summed E-state index contributed by atoms with van der Waals surface area (Å²) in [7, 11) is 3.17. The number of aromatic nitrogens is 5. The summed E-state index contributed by atoms with van der Waals surface area (Å²) in [5.74, 6) is 1.10. The molecule has 12 nitrogen and oxygen atoms in total. The van der Waals surface area contributed by atoms with Crippen molar-refractivity contribution in [3.63, 3.8) is 0 Å².